The first-order chi connectivity index (χ1) is 15.8. The summed E-state index contributed by atoms with van der Waals surface area (Å²) < 4.78 is 28.8. The number of nitrogen functional groups attached to an aromatic ring is 1. The minimum absolute atomic E-state index is 0.0934. The lowest BCUT2D eigenvalue weighted by molar-refractivity contribution is 0.00710. The van der Waals surface area contributed by atoms with Crippen LogP contribution in [0.25, 0.3) is 33.5 Å². The zero-order valence-electron chi connectivity index (χ0n) is 17.8. The van der Waals surface area contributed by atoms with Crippen molar-refractivity contribution in [1.29, 1.82) is 0 Å². The summed E-state index contributed by atoms with van der Waals surface area (Å²) in [5.74, 6) is -3.49. The average Bonchev–Trinajstić information content (AvgIpc) is 3.37. The summed E-state index contributed by atoms with van der Waals surface area (Å²) in [6.07, 6.45) is 3.01. The minimum atomic E-state index is -2.78. The molecule has 168 valence electrons. The number of halogens is 2. The molecule has 10 heteroatoms. The fraction of sp³-hybridized carbons (Fsp3) is 0.261. The average molecular weight is 449 g/mol. The number of aryl methyl sites for hydroxylation is 1. The van der Waals surface area contributed by atoms with Gasteiger partial charge in [-0.2, -0.15) is 5.10 Å². The Labute approximate surface area is 187 Å². The molecule has 33 heavy (non-hydrogen) atoms. The molecule has 5 rings (SSSR count). The van der Waals surface area contributed by atoms with Crippen molar-refractivity contribution in [1.82, 2.24) is 30.0 Å². The normalized spacial score (nSPS) is 17.4. The SMILES string of the molecule is Cn1ccc(-c2nc(N)c(C(=O)NC3CCC(F)(F)C3)nc2-c2ccc3ncccc3c2)n1. The second-order valence-electron chi connectivity index (χ2n) is 8.21. The van der Waals surface area contributed by atoms with Gasteiger partial charge in [-0.25, -0.2) is 18.7 Å². The number of nitrogens with one attached hydrogen (secondary N) is 1. The number of hydrogen-bond donors (Lipinski definition) is 2. The predicted octanol–water partition coefficient (Wildman–Crippen LogP) is 3.59. The van der Waals surface area contributed by atoms with Crippen molar-refractivity contribution in [2.75, 3.05) is 5.73 Å². The number of pyridine rings is 1. The second-order valence-corrected chi connectivity index (χ2v) is 8.21. The van der Waals surface area contributed by atoms with E-state index in [0.29, 0.717) is 22.6 Å². The topological polar surface area (TPSA) is 112 Å². The van der Waals surface area contributed by atoms with E-state index in [0.717, 1.165) is 10.9 Å². The molecule has 1 amide bonds. The van der Waals surface area contributed by atoms with Crippen molar-refractivity contribution in [2.45, 2.75) is 31.2 Å². The van der Waals surface area contributed by atoms with E-state index in [9.17, 15) is 13.6 Å². The van der Waals surface area contributed by atoms with Gasteiger partial charge in [0.25, 0.3) is 5.91 Å². The molecule has 1 unspecified atom stereocenters. The van der Waals surface area contributed by atoms with Crippen molar-refractivity contribution in [3.63, 3.8) is 0 Å². The molecule has 1 atom stereocenters. The van der Waals surface area contributed by atoms with Crippen LogP contribution in [0.2, 0.25) is 0 Å². The molecule has 0 aliphatic heterocycles. The number of amides is 1. The third kappa shape index (κ3) is 4.11. The van der Waals surface area contributed by atoms with Crippen molar-refractivity contribution in [3.05, 3.63) is 54.5 Å². The smallest absolute Gasteiger partial charge is 0.273 e. The molecule has 8 nitrogen and oxygen atoms in total. The number of rotatable bonds is 4. The van der Waals surface area contributed by atoms with E-state index in [1.54, 1.807) is 30.2 Å². The van der Waals surface area contributed by atoms with Crippen molar-refractivity contribution < 1.29 is 13.6 Å². The van der Waals surface area contributed by atoms with E-state index in [2.05, 4.69) is 25.4 Å². The molecule has 4 aromatic rings. The molecule has 1 aliphatic rings. The van der Waals surface area contributed by atoms with Crippen LogP contribution in [-0.4, -0.2) is 42.6 Å². The van der Waals surface area contributed by atoms with E-state index >= 15 is 0 Å². The highest BCUT2D eigenvalue weighted by molar-refractivity contribution is 5.98. The molecule has 0 bridgehead atoms. The van der Waals surface area contributed by atoms with Gasteiger partial charge in [-0.15, -0.1) is 0 Å². The highest BCUT2D eigenvalue weighted by Crippen LogP contribution is 2.35. The van der Waals surface area contributed by atoms with Gasteiger partial charge in [0.15, 0.2) is 11.5 Å². The van der Waals surface area contributed by atoms with Gasteiger partial charge in [0, 0.05) is 49.3 Å². The molecule has 1 saturated carbocycles. The van der Waals surface area contributed by atoms with E-state index in [4.69, 9.17) is 5.73 Å². The Morgan fingerprint density at radius 2 is 2.06 bits per heavy atom. The first-order valence-electron chi connectivity index (χ1n) is 10.5. The summed E-state index contributed by atoms with van der Waals surface area (Å²) in [6.45, 7) is 0. The number of anilines is 1. The molecular weight excluding hydrogens is 428 g/mol. The van der Waals surface area contributed by atoms with Crippen molar-refractivity contribution >= 4 is 22.6 Å². The Kier molecular flexibility index (Phi) is 4.99. The molecule has 0 radical (unpaired) electrons. The summed E-state index contributed by atoms with van der Waals surface area (Å²) >= 11 is 0. The predicted molar refractivity (Wildman–Crippen MR) is 119 cm³/mol. The van der Waals surface area contributed by atoms with Gasteiger partial charge in [0.2, 0.25) is 5.92 Å². The van der Waals surface area contributed by atoms with Crippen molar-refractivity contribution in [2.24, 2.45) is 7.05 Å². The largest absolute Gasteiger partial charge is 0.382 e. The summed E-state index contributed by atoms with van der Waals surface area (Å²) in [6, 6.07) is 10.5. The van der Waals surface area contributed by atoms with Crippen LogP contribution in [0, 0.1) is 0 Å². The van der Waals surface area contributed by atoms with Crippen LogP contribution < -0.4 is 11.1 Å². The zero-order valence-corrected chi connectivity index (χ0v) is 17.8. The highest BCUT2D eigenvalue weighted by Gasteiger charge is 2.40. The van der Waals surface area contributed by atoms with Gasteiger partial charge in [-0.3, -0.25) is 14.5 Å². The van der Waals surface area contributed by atoms with Crippen LogP contribution >= 0.6 is 0 Å². The first kappa shape index (κ1) is 20.9. The van der Waals surface area contributed by atoms with Crippen LogP contribution in [0.1, 0.15) is 29.8 Å². The number of carbonyl (C=O) groups excluding carboxylic acids is 1. The number of carbonyl (C=O) groups is 1. The van der Waals surface area contributed by atoms with E-state index in [1.807, 2.05) is 30.3 Å². The maximum absolute atomic E-state index is 13.6. The fourth-order valence-electron chi connectivity index (χ4n) is 4.09. The summed E-state index contributed by atoms with van der Waals surface area (Å²) in [7, 11) is 1.78. The summed E-state index contributed by atoms with van der Waals surface area (Å²) in [4.78, 5) is 26.3. The molecule has 0 saturated heterocycles. The van der Waals surface area contributed by atoms with E-state index in [-0.39, 0.29) is 24.4 Å². The standard InChI is InChI=1S/C23H21F2N7O/c1-32-10-7-17(31-32)19-18(14-4-5-16-13(11-14)3-2-9-27-16)29-20(21(26)30-19)22(33)28-15-6-8-23(24,25)12-15/h2-5,7,9-11,15H,6,8,12H2,1H3,(H2,26,30)(H,28,33). The van der Waals surface area contributed by atoms with Crippen LogP contribution in [0.5, 0.6) is 0 Å². The van der Waals surface area contributed by atoms with Gasteiger partial charge < -0.3 is 11.1 Å². The maximum Gasteiger partial charge on any atom is 0.273 e. The summed E-state index contributed by atoms with van der Waals surface area (Å²) in [5.41, 5.74) is 8.88. The van der Waals surface area contributed by atoms with Crippen LogP contribution in [0.4, 0.5) is 14.6 Å². The molecule has 0 spiro atoms. The second kappa shape index (κ2) is 7.88. The molecule has 1 fully saturated rings. The Morgan fingerprint density at radius 1 is 1.21 bits per heavy atom. The van der Waals surface area contributed by atoms with Crippen LogP contribution in [-0.2, 0) is 7.05 Å². The Morgan fingerprint density at radius 3 is 2.79 bits per heavy atom. The number of hydrogen-bond acceptors (Lipinski definition) is 6. The lowest BCUT2D eigenvalue weighted by Crippen LogP contribution is -2.35. The molecular formula is C23H21F2N7O. The quantitative estimate of drug-likeness (QED) is 0.493. The highest BCUT2D eigenvalue weighted by atomic mass is 19.3. The lowest BCUT2D eigenvalue weighted by Gasteiger charge is -2.15. The monoisotopic (exact) mass is 449 g/mol. The summed E-state index contributed by atoms with van der Waals surface area (Å²) in [5, 5.41) is 7.93. The lowest BCUT2D eigenvalue weighted by atomic mass is 10.0. The molecule has 3 aromatic heterocycles. The molecule has 3 heterocycles. The number of nitrogens with zero attached hydrogens (tertiary/aromatic N) is 5. The first-order valence-corrected chi connectivity index (χ1v) is 10.5. The Hall–Kier alpha value is -3.95. The third-order valence-electron chi connectivity index (χ3n) is 5.71. The third-order valence-corrected chi connectivity index (χ3v) is 5.71. The van der Waals surface area contributed by atoms with E-state index in [1.165, 1.54) is 0 Å². The zero-order chi connectivity index (χ0) is 23.2. The van der Waals surface area contributed by atoms with Gasteiger partial charge >= 0.3 is 0 Å². The van der Waals surface area contributed by atoms with Gasteiger partial charge in [-0.1, -0.05) is 12.1 Å². The number of alkyl halides is 2. The van der Waals surface area contributed by atoms with Crippen LogP contribution in [0.3, 0.4) is 0 Å². The molecule has 1 aliphatic carbocycles. The molecule has 1 aromatic carbocycles. The van der Waals surface area contributed by atoms with E-state index < -0.39 is 24.3 Å². The number of nitrogens with two attached hydrogens (primary N) is 1. The van der Waals surface area contributed by atoms with Crippen molar-refractivity contribution in [3.8, 4) is 22.6 Å². The van der Waals surface area contributed by atoms with Crippen LogP contribution in [0.15, 0.2) is 48.8 Å². The Bertz CT molecular complexity index is 1370. The maximum atomic E-state index is 13.6. The number of fused-ring (bicyclic) bond motifs is 1. The molecule has 3 N–H and O–H groups in total. The van der Waals surface area contributed by atoms with Gasteiger partial charge in [-0.05, 0) is 30.7 Å². The number of benzene rings is 1. The van der Waals surface area contributed by atoms with Gasteiger partial charge in [0.05, 0.1) is 11.2 Å². The fourth-order valence-corrected chi connectivity index (χ4v) is 4.09. The number of aromatic nitrogens is 5. The Balaban J connectivity index is 1.59. The van der Waals surface area contributed by atoms with Gasteiger partial charge in [0.1, 0.15) is 11.4 Å². The minimum Gasteiger partial charge on any atom is -0.382 e.